The zero-order valence-corrected chi connectivity index (χ0v) is 48.9. The molecule has 70 heavy (non-hydrogen) atoms. The van der Waals surface area contributed by atoms with Crippen molar-refractivity contribution in [2.24, 2.45) is 0 Å². The number of phosphoric acid groups is 1. The standard InChI is InChI=1S/C61H124NO7P/c1-6-8-10-12-14-16-18-20-22-24-25-26-27-28-29-30-31-32-33-34-35-36-37-38-39-40-42-44-46-48-50-52-54-61(63)69-60(59-68-70(64,65)67-57-55-62(3,4)5)58-66-56-53-51-49-47-45-43-41-23-21-19-17-15-13-11-9-7-2/h60H,6-59H2,1-5H3/t60-/m1/s1. The van der Waals surface area contributed by atoms with Crippen molar-refractivity contribution in [2.75, 3.05) is 54.1 Å². The van der Waals surface area contributed by atoms with Crippen LogP contribution in [-0.2, 0) is 27.9 Å². The number of esters is 1. The second kappa shape index (κ2) is 54.8. The predicted octanol–water partition coefficient (Wildman–Crippen LogP) is 19.3. The first kappa shape index (κ1) is 69.5. The van der Waals surface area contributed by atoms with Crippen molar-refractivity contribution < 1.29 is 37.3 Å². The number of nitrogens with zero attached hydrogens (tertiary/aromatic N) is 1. The molecule has 0 saturated carbocycles. The molecule has 0 aliphatic heterocycles. The molecule has 0 N–H and O–H groups in total. The van der Waals surface area contributed by atoms with E-state index in [2.05, 4.69) is 13.8 Å². The average Bonchev–Trinajstić information content (AvgIpc) is 3.32. The highest BCUT2D eigenvalue weighted by atomic mass is 31.2. The molecule has 420 valence electrons. The number of carbonyl (C=O) groups is 1. The average molecular weight is 1010 g/mol. The molecular formula is C61H124NO7P. The summed E-state index contributed by atoms with van der Waals surface area (Å²) in [6.45, 7) is 5.51. The van der Waals surface area contributed by atoms with Crippen LogP contribution in [0, 0.1) is 0 Å². The quantitative estimate of drug-likeness (QED) is 0.0259. The molecule has 0 fully saturated rings. The van der Waals surface area contributed by atoms with Gasteiger partial charge in [-0.25, -0.2) is 0 Å². The maximum absolute atomic E-state index is 12.8. The first-order valence-electron chi connectivity index (χ1n) is 31.3. The van der Waals surface area contributed by atoms with Gasteiger partial charge in [-0.05, 0) is 12.8 Å². The maximum atomic E-state index is 12.8. The van der Waals surface area contributed by atoms with Crippen molar-refractivity contribution >= 4 is 13.8 Å². The summed E-state index contributed by atoms with van der Waals surface area (Å²) in [7, 11) is 1.38. The molecule has 0 aliphatic rings. The number of hydrogen-bond donors (Lipinski definition) is 0. The monoisotopic (exact) mass is 1010 g/mol. The van der Waals surface area contributed by atoms with E-state index in [4.69, 9.17) is 18.5 Å². The topological polar surface area (TPSA) is 94.1 Å². The summed E-state index contributed by atoms with van der Waals surface area (Å²) in [6.07, 6.45) is 64.6. The van der Waals surface area contributed by atoms with E-state index in [1.807, 2.05) is 21.1 Å². The molecule has 0 radical (unpaired) electrons. The van der Waals surface area contributed by atoms with Crippen molar-refractivity contribution in [3.8, 4) is 0 Å². The minimum Gasteiger partial charge on any atom is -0.756 e. The number of quaternary nitrogens is 1. The third-order valence-corrected chi connectivity index (χ3v) is 15.4. The number of likely N-dealkylation sites (N-methyl/N-ethyl adjacent to an activating group) is 1. The van der Waals surface area contributed by atoms with Crippen molar-refractivity contribution in [3.05, 3.63) is 0 Å². The van der Waals surface area contributed by atoms with Gasteiger partial charge in [0.2, 0.25) is 0 Å². The SMILES string of the molecule is CCCCCCCCCCCCCCCCCCCCCCCCCCCCCCCCCCC(=O)O[C@H](COCCCCCCCCCCCCCCCCCC)COP(=O)([O-])OCC[N+](C)(C)C. The van der Waals surface area contributed by atoms with E-state index in [1.54, 1.807) is 0 Å². The van der Waals surface area contributed by atoms with Crippen molar-refractivity contribution in [1.29, 1.82) is 0 Å². The number of carbonyl (C=O) groups excluding carboxylic acids is 1. The smallest absolute Gasteiger partial charge is 0.306 e. The molecule has 9 heteroatoms. The summed E-state index contributed by atoms with van der Waals surface area (Å²) in [5, 5.41) is 0. The molecule has 0 aromatic rings. The van der Waals surface area contributed by atoms with E-state index in [1.165, 1.54) is 276 Å². The lowest BCUT2D eigenvalue weighted by Gasteiger charge is -2.28. The molecule has 2 atom stereocenters. The van der Waals surface area contributed by atoms with Gasteiger partial charge in [-0.15, -0.1) is 0 Å². The first-order valence-corrected chi connectivity index (χ1v) is 32.7. The lowest BCUT2D eigenvalue weighted by atomic mass is 10.0. The van der Waals surface area contributed by atoms with E-state index < -0.39 is 13.9 Å². The summed E-state index contributed by atoms with van der Waals surface area (Å²) >= 11 is 0. The number of ether oxygens (including phenoxy) is 2. The minimum absolute atomic E-state index is 0.0319. The molecule has 0 rings (SSSR count). The zero-order valence-electron chi connectivity index (χ0n) is 48.0. The Kier molecular flexibility index (Phi) is 54.4. The Hall–Kier alpha value is -0.500. The first-order chi connectivity index (χ1) is 34.1. The van der Waals surface area contributed by atoms with Crippen LogP contribution in [-0.4, -0.2) is 70.7 Å². The van der Waals surface area contributed by atoms with Crippen LogP contribution in [0.4, 0.5) is 0 Å². The lowest BCUT2D eigenvalue weighted by Crippen LogP contribution is -2.37. The Morgan fingerprint density at radius 1 is 0.386 bits per heavy atom. The highest BCUT2D eigenvalue weighted by Crippen LogP contribution is 2.38. The van der Waals surface area contributed by atoms with Crippen LogP contribution in [0.25, 0.3) is 0 Å². The number of rotatable bonds is 60. The Bertz CT molecular complexity index is 1090. The summed E-state index contributed by atoms with van der Waals surface area (Å²) in [5.74, 6) is -0.322. The second-order valence-corrected chi connectivity index (χ2v) is 24.2. The van der Waals surface area contributed by atoms with Gasteiger partial charge in [-0.3, -0.25) is 9.36 Å². The third-order valence-electron chi connectivity index (χ3n) is 14.4. The van der Waals surface area contributed by atoms with Crippen molar-refractivity contribution in [2.45, 2.75) is 335 Å². The summed E-state index contributed by atoms with van der Waals surface area (Å²) < 4.78 is 34.9. The molecule has 8 nitrogen and oxygen atoms in total. The van der Waals surface area contributed by atoms with Crippen LogP contribution in [0.1, 0.15) is 328 Å². The van der Waals surface area contributed by atoms with Gasteiger partial charge in [0.1, 0.15) is 19.3 Å². The fourth-order valence-corrected chi connectivity index (χ4v) is 10.3. The van der Waals surface area contributed by atoms with Gasteiger partial charge in [0, 0.05) is 13.0 Å². The molecule has 0 aliphatic carbocycles. The molecule has 0 aromatic heterocycles. The Morgan fingerprint density at radius 2 is 0.657 bits per heavy atom. The highest BCUT2D eigenvalue weighted by molar-refractivity contribution is 7.45. The van der Waals surface area contributed by atoms with Crippen LogP contribution in [0.2, 0.25) is 0 Å². The third kappa shape index (κ3) is 58.4. The van der Waals surface area contributed by atoms with E-state index in [9.17, 15) is 14.3 Å². The van der Waals surface area contributed by atoms with Crippen LogP contribution in [0.3, 0.4) is 0 Å². The van der Waals surface area contributed by atoms with Gasteiger partial charge >= 0.3 is 5.97 Å². The van der Waals surface area contributed by atoms with E-state index in [0.717, 1.165) is 32.1 Å². The van der Waals surface area contributed by atoms with Crippen LogP contribution < -0.4 is 4.89 Å². The zero-order chi connectivity index (χ0) is 51.2. The normalized spacial score (nSPS) is 13.3. The number of unbranched alkanes of at least 4 members (excludes halogenated alkanes) is 46. The summed E-state index contributed by atoms with van der Waals surface area (Å²) in [4.78, 5) is 25.3. The van der Waals surface area contributed by atoms with Gasteiger partial charge < -0.3 is 27.9 Å². The molecule has 0 saturated heterocycles. The fraction of sp³-hybridized carbons (Fsp3) is 0.984. The van der Waals surface area contributed by atoms with Gasteiger partial charge in [-0.2, -0.15) is 0 Å². The molecule has 0 spiro atoms. The molecular weight excluding hydrogens is 890 g/mol. The van der Waals surface area contributed by atoms with Crippen LogP contribution in [0.5, 0.6) is 0 Å². The Labute approximate surface area is 438 Å². The summed E-state index contributed by atoms with van der Waals surface area (Å²) in [6, 6.07) is 0. The number of phosphoric ester groups is 1. The van der Waals surface area contributed by atoms with E-state index in [-0.39, 0.29) is 25.8 Å². The van der Waals surface area contributed by atoms with Crippen LogP contribution >= 0.6 is 7.82 Å². The Morgan fingerprint density at radius 3 is 0.943 bits per heavy atom. The van der Waals surface area contributed by atoms with Gasteiger partial charge in [0.25, 0.3) is 7.82 Å². The Balaban J connectivity index is 3.87. The highest BCUT2D eigenvalue weighted by Gasteiger charge is 2.20. The van der Waals surface area contributed by atoms with Gasteiger partial charge in [0.05, 0.1) is 34.4 Å². The molecule has 1 unspecified atom stereocenters. The molecule has 0 aromatic carbocycles. The second-order valence-electron chi connectivity index (χ2n) is 22.8. The molecule has 0 bridgehead atoms. The largest absolute Gasteiger partial charge is 0.756 e. The molecule has 0 heterocycles. The van der Waals surface area contributed by atoms with Gasteiger partial charge in [0.15, 0.2) is 0 Å². The maximum Gasteiger partial charge on any atom is 0.306 e. The summed E-state index contributed by atoms with van der Waals surface area (Å²) in [5.41, 5.74) is 0. The van der Waals surface area contributed by atoms with Crippen LogP contribution in [0.15, 0.2) is 0 Å². The minimum atomic E-state index is -4.53. The van der Waals surface area contributed by atoms with E-state index in [0.29, 0.717) is 24.1 Å². The van der Waals surface area contributed by atoms with Crippen molar-refractivity contribution in [1.82, 2.24) is 0 Å². The fourth-order valence-electron chi connectivity index (χ4n) is 9.61. The lowest BCUT2D eigenvalue weighted by molar-refractivity contribution is -0.870. The van der Waals surface area contributed by atoms with E-state index >= 15 is 0 Å². The van der Waals surface area contributed by atoms with Gasteiger partial charge in [-0.1, -0.05) is 309 Å². The predicted molar refractivity (Wildman–Crippen MR) is 301 cm³/mol. The number of hydrogen-bond acceptors (Lipinski definition) is 7. The van der Waals surface area contributed by atoms with Crippen molar-refractivity contribution in [3.63, 3.8) is 0 Å². The molecule has 0 amide bonds.